The van der Waals surface area contributed by atoms with Crippen molar-refractivity contribution in [3.63, 3.8) is 0 Å². The van der Waals surface area contributed by atoms with Crippen LogP contribution in [0.5, 0.6) is 0 Å². The molecule has 0 radical (unpaired) electrons. The molecule has 0 fully saturated rings. The number of hydrogen-bond acceptors (Lipinski definition) is 4. The second-order valence-corrected chi connectivity index (χ2v) is 6.64. The van der Waals surface area contributed by atoms with Crippen LogP contribution in [0.15, 0.2) is 45.8 Å². The van der Waals surface area contributed by atoms with Crippen LogP contribution < -0.4 is 5.56 Å². The van der Waals surface area contributed by atoms with Gasteiger partial charge in [0.2, 0.25) is 0 Å². The monoisotopic (exact) mass is 440 g/mol. The lowest BCUT2D eigenvalue weighted by Crippen LogP contribution is -2.25. The van der Waals surface area contributed by atoms with Crippen LogP contribution in [-0.4, -0.2) is 22.0 Å². The predicted octanol–water partition coefficient (Wildman–Crippen LogP) is 4.61. The van der Waals surface area contributed by atoms with Crippen molar-refractivity contribution in [2.24, 2.45) is 0 Å². The number of esters is 1. The summed E-state index contributed by atoms with van der Waals surface area (Å²) in [5.41, 5.74) is 0.975. The third kappa shape index (κ3) is 3.29. The summed E-state index contributed by atoms with van der Waals surface area (Å²) in [7, 11) is 0. The maximum absolute atomic E-state index is 12.5. The number of pyridine rings is 1. The molecule has 3 rings (SSSR count). The Balaban J connectivity index is 2.20. The molecule has 2 aromatic heterocycles. The highest BCUT2D eigenvalue weighted by atomic mass is 79.9. The van der Waals surface area contributed by atoms with E-state index < -0.39 is 11.5 Å². The summed E-state index contributed by atoms with van der Waals surface area (Å²) in [6.07, 6.45) is 1.52. The molecule has 0 bridgehead atoms. The number of rotatable bonds is 3. The summed E-state index contributed by atoms with van der Waals surface area (Å²) in [6.45, 7) is 1.78. The molecule has 5 nitrogen and oxygen atoms in total. The molecule has 0 aliphatic heterocycles. The van der Waals surface area contributed by atoms with Gasteiger partial charge in [-0.05, 0) is 46.6 Å². The Kier molecular flexibility index (Phi) is 5.13. The molecule has 25 heavy (non-hydrogen) atoms. The maximum atomic E-state index is 12.5. The third-order valence-corrected chi connectivity index (χ3v) is 5.10. The first kappa shape index (κ1) is 17.9. The highest BCUT2D eigenvalue weighted by molar-refractivity contribution is 9.10. The van der Waals surface area contributed by atoms with Crippen molar-refractivity contribution < 1.29 is 9.53 Å². The van der Waals surface area contributed by atoms with Crippen molar-refractivity contribution in [3.8, 4) is 11.1 Å². The van der Waals surface area contributed by atoms with E-state index in [1.165, 1.54) is 10.6 Å². The van der Waals surface area contributed by atoms with E-state index in [-0.39, 0.29) is 17.3 Å². The maximum Gasteiger partial charge on any atom is 0.346 e. The molecule has 0 aliphatic carbocycles. The Morgan fingerprint density at radius 3 is 2.80 bits per heavy atom. The van der Waals surface area contributed by atoms with Gasteiger partial charge < -0.3 is 4.74 Å². The minimum absolute atomic E-state index is 0.137. The van der Waals surface area contributed by atoms with Gasteiger partial charge in [-0.1, -0.05) is 35.3 Å². The molecule has 8 heteroatoms. The number of aromatic nitrogens is 2. The third-order valence-electron chi connectivity index (χ3n) is 3.53. The molecule has 0 amide bonds. The van der Waals surface area contributed by atoms with Gasteiger partial charge in [-0.15, -0.1) is 0 Å². The lowest BCUT2D eigenvalue weighted by Gasteiger charge is -2.09. The molecule has 0 aliphatic rings. The van der Waals surface area contributed by atoms with Gasteiger partial charge in [-0.25, -0.2) is 9.78 Å². The van der Waals surface area contributed by atoms with Crippen LogP contribution in [0.3, 0.4) is 0 Å². The Bertz CT molecular complexity index is 1050. The zero-order chi connectivity index (χ0) is 18.1. The number of ether oxygens (including phenoxy) is 1. The number of nitrogens with zero attached hydrogens (tertiary/aromatic N) is 2. The quantitative estimate of drug-likeness (QED) is 0.440. The molecule has 0 N–H and O–H groups in total. The fourth-order valence-electron chi connectivity index (χ4n) is 2.38. The molecular formula is C17H11BrCl2N2O3. The van der Waals surface area contributed by atoms with E-state index in [2.05, 4.69) is 20.9 Å². The zero-order valence-electron chi connectivity index (χ0n) is 12.9. The van der Waals surface area contributed by atoms with E-state index in [0.29, 0.717) is 10.7 Å². The summed E-state index contributed by atoms with van der Waals surface area (Å²) in [4.78, 5) is 28.6. The zero-order valence-corrected chi connectivity index (χ0v) is 16.0. The first-order valence-corrected chi connectivity index (χ1v) is 8.82. The van der Waals surface area contributed by atoms with Crippen molar-refractivity contribution >= 4 is 50.7 Å². The molecule has 128 valence electrons. The number of carbonyl (C=O) groups excluding carboxylic acids is 1. The summed E-state index contributed by atoms with van der Waals surface area (Å²) in [5, 5.41) is 0.351. The fraction of sp³-hybridized carbons (Fsp3) is 0.118. The largest absolute Gasteiger partial charge is 0.462 e. The molecule has 0 unspecified atom stereocenters. The average Bonchev–Trinajstić information content (AvgIpc) is 2.57. The molecule has 1 aromatic carbocycles. The summed E-state index contributed by atoms with van der Waals surface area (Å²) < 4.78 is 6.86. The van der Waals surface area contributed by atoms with Crippen LogP contribution in [0.1, 0.15) is 17.3 Å². The van der Waals surface area contributed by atoms with Crippen LogP contribution in [0, 0.1) is 0 Å². The van der Waals surface area contributed by atoms with E-state index in [4.69, 9.17) is 27.9 Å². The molecule has 0 spiro atoms. The number of carbonyl (C=O) groups is 1. The number of benzene rings is 1. The number of halogens is 3. The average molecular weight is 442 g/mol. The van der Waals surface area contributed by atoms with Crippen molar-refractivity contribution in [3.05, 3.63) is 67.1 Å². The van der Waals surface area contributed by atoms with E-state index in [1.807, 2.05) is 18.2 Å². The van der Waals surface area contributed by atoms with Crippen LogP contribution in [0.4, 0.5) is 0 Å². The smallest absolute Gasteiger partial charge is 0.346 e. The van der Waals surface area contributed by atoms with Gasteiger partial charge in [-0.3, -0.25) is 9.20 Å². The van der Waals surface area contributed by atoms with Crippen molar-refractivity contribution in [2.45, 2.75) is 6.92 Å². The predicted molar refractivity (Wildman–Crippen MR) is 101 cm³/mol. The van der Waals surface area contributed by atoms with Gasteiger partial charge in [-0.2, -0.15) is 0 Å². The van der Waals surface area contributed by atoms with Gasteiger partial charge in [0.25, 0.3) is 5.56 Å². The highest BCUT2D eigenvalue weighted by Gasteiger charge is 2.20. The van der Waals surface area contributed by atoms with Crippen LogP contribution in [0.2, 0.25) is 10.2 Å². The van der Waals surface area contributed by atoms with Crippen LogP contribution in [-0.2, 0) is 4.74 Å². The summed E-state index contributed by atoms with van der Waals surface area (Å²) in [5.74, 6) is -0.793. The molecule has 0 atom stereocenters. The second-order valence-electron chi connectivity index (χ2n) is 5.05. The molecule has 0 saturated heterocycles. The summed E-state index contributed by atoms with van der Waals surface area (Å²) in [6, 6.07) is 8.93. The van der Waals surface area contributed by atoms with Crippen LogP contribution in [0.25, 0.3) is 16.8 Å². The van der Waals surface area contributed by atoms with Gasteiger partial charge in [0.1, 0.15) is 5.65 Å². The topological polar surface area (TPSA) is 60.7 Å². The normalized spacial score (nSPS) is 10.9. The van der Waals surface area contributed by atoms with Crippen LogP contribution >= 0.6 is 39.1 Å². The van der Waals surface area contributed by atoms with Crippen molar-refractivity contribution in [1.82, 2.24) is 9.38 Å². The van der Waals surface area contributed by atoms with E-state index in [0.717, 1.165) is 15.6 Å². The molecule has 0 saturated carbocycles. The standard InChI is InChI=1S/C17H11BrCl2N2O3/c1-2-25-17(24)13-15(20)21-12-8-9(6-7-22(12)16(13)23)10-4-3-5-11(18)14(10)19/h3-8H,2H2,1H3. The van der Waals surface area contributed by atoms with E-state index in [9.17, 15) is 9.59 Å². The fourth-order valence-corrected chi connectivity index (χ4v) is 3.23. The second kappa shape index (κ2) is 7.15. The lowest BCUT2D eigenvalue weighted by molar-refractivity contribution is 0.0524. The number of fused-ring (bicyclic) bond motifs is 1. The minimum atomic E-state index is -0.793. The first-order chi connectivity index (χ1) is 11.9. The Morgan fingerprint density at radius 2 is 2.08 bits per heavy atom. The van der Waals surface area contributed by atoms with E-state index >= 15 is 0 Å². The van der Waals surface area contributed by atoms with Gasteiger partial charge >= 0.3 is 5.97 Å². The summed E-state index contributed by atoms with van der Waals surface area (Å²) >= 11 is 15.7. The van der Waals surface area contributed by atoms with Gasteiger partial charge in [0, 0.05) is 16.2 Å². The Labute approximate surface area is 161 Å². The number of hydrogen-bond donors (Lipinski definition) is 0. The van der Waals surface area contributed by atoms with Gasteiger partial charge in [0.05, 0.1) is 11.6 Å². The minimum Gasteiger partial charge on any atom is -0.462 e. The highest BCUT2D eigenvalue weighted by Crippen LogP contribution is 2.33. The lowest BCUT2D eigenvalue weighted by atomic mass is 10.1. The van der Waals surface area contributed by atoms with E-state index in [1.54, 1.807) is 19.1 Å². The Morgan fingerprint density at radius 1 is 1.32 bits per heavy atom. The SMILES string of the molecule is CCOC(=O)c1c(Cl)nc2cc(-c3cccc(Br)c3Cl)ccn2c1=O. The molecular weight excluding hydrogens is 431 g/mol. The van der Waals surface area contributed by atoms with Crippen molar-refractivity contribution in [2.75, 3.05) is 6.61 Å². The van der Waals surface area contributed by atoms with Crippen molar-refractivity contribution in [1.29, 1.82) is 0 Å². The molecule has 3 aromatic rings. The first-order valence-electron chi connectivity index (χ1n) is 7.27. The van der Waals surface area contributed by atoms with Gasteiger partial charge in [0.15, 0.2) is 10.7 Å². The Hall–Kier alpha value is -1.89. The molecule has 2 heterocycles.